The molecule has 1 heterocycles. The van der Waals surface area contributed by atoms with Crippen molar-refractivity contribution in [1.82, 2.24) is 0 Å². The first-order valence-corrected chi connectivity index (χ1v) is 4.25. The maximum atomic E-state index is 4.95. The van der Waals surface area contributed by atoms with Crippen LogP contribution in [0.5, 0.6) is 0 Å². The minimum atomic E-state index is 0.562. The van der Waals surface area contributed by atoms with E-state index < -0.39 is 0 Å². The third-order valence-electron chi connectivity index (χ3n) is 0.867. The van der Waals surface area contributed by atoms with Gasteiger partial charge in [-0.3, -0.25) is 0 Å². The molecule has 2 nitrogen and oxygen atoms in total. The van der Waals surface area contributed by atoms with Gasteiger partial charge in [-0.15, -0.1) is 23.3 Å². The summed E-state index contributed by atoms with van der Waals surface area (Å²) in [5.41, 5.74) is 0. The molecule has 0 amide bonds. The van der Waals surface area contributed by atoms with E-state index in [4.69, 9.17) is 9.15 Å². The van der Waals surface area contributed by atoms with Crippen molar-refractivity contribution in [2.75, 3.05) is 7.11 Å². The third-order valence-corrected chi connectivity index (χ3v) is 0.867. The van der Waals surface area contributed by atoms with Crippen molar-refractivity contribution in [2.24, 2.45) is 0 Å². The Morgan fingerprint density at radius 1 is 1.60 bits per heavy atom. The molecule has 0 aromatic carbocycles. The number of methoxy groups -OCH3 is 1. The Balaban J connectivity index is 0.000000371. The molecule has 58 valence electrons. The number of ether oxygens (including phenoxy) is 1. The van der Waals surface area contributed by atoms with E-state index in [9.17, 15) is 0 Å². The number of thiol groups is 2. The number of furan rings is 1. The van der Waals surface area contributed by atoms with Gasteiger partial charge in [0.15, 0.2) is 0 Å². The Morgan fingerprint density at radius 2 is 2.30 bits per heavy atom. The minimum Gasteiger partial charge on any atom is -0.467 e. The fourth-order valence-electron chi connectivity index (χ4n) is 0.537. The molecule has 0 radical (unpaired) electrons. The zero-order valence-corrected chi connectivity index (χ0v) is 7.44. The topological polar surface area (TPSA) is 22.4 Å². The Labute approximate surface area is 70.8 Å². The normalized spacial score (nSPS) is 8.30. The zero-order valence-electron chi connectivity index (χ0n) is 5.65. The van der Waals surface area contributed by atoms with E-state index in [0.717, 1.165) is 5.76 Å². The fourth-order valence-corrected chi connectivity index (χ4v) is 0.537. The van der Waals surface area contributed by atoms with Crippen LogP contribution < -0.4 is 0 Å². The van der Waals surface area contributed by atoms with E-state index in [1.165, 1.54) is 0 Å². The van der Waals surface area contributed by atoms with E-state index >= 15 is 0 Å². The van der Waals surface area contributed by atoms with Gasteiger partial charge in [0, 0.05) is 7.11 Å². The summed E-state index contributed by atoms with van der Waals surface area (Å²) in [5, 5.41) is 0. The van der Waals surface area contributed by atoms with Crippen LogP contribution in [0.4, 0.5) is 0 Å². The van der Waals surface area contributed by atoms with Crippen LogP contribution in [0.3, 0.4) is 0 Å². The van der Waals surface area contributed by atoms with Crippen LogP contribution in [0.1, 0.15) is 5.76 Å². The molecule has 10 heavy (non-hydrogen) atoms. The van der Waals surface area contributed by atoms with E-state index in [1.807, 2.05) is 12.1 Å². The molecular weight excluding hydrogens is 168 g/mol. The van der Waals surface area contributed by atoms with E-state index in [-0.39, 0.29) is 0 Å². The summed E-state index contributed by atoms with van der Waals surface area (Å²) >= 11 is 6.44. The Bertz CT molecular complexity index is 139. The molecule has 0 saturated carbocycles. The SMILES string of the molecule is COCc1ccco1.SS. The highest BCUT2D eigenvalue weighted by molar-refractivity contribution is 8.59. The Hall–Kier alpha value is -0.0600. The van der Waals surface area contributed by atoms with Crippen molar-refractivity contribution >= 4 is 23.3 Å². The molecule has 0 aliphatic carbocycles. The lowest BCUT2D eigenvalue weighted by molar-refractivity contribution is 0.164. The average molecular weight is 178 g/mol. The Morgan fingerprint density at radius 3 is 2.70 bits per heavy atom. The van der Waals surface area contributed by atoms with Gasteiger partial charge in [0.25, 0.3) is 0 Å². The van der Waals surface area contributed by atoms with Crippen molar-refractivity contribution in [3.8, 4) is 0 Å². The standard InChI is InChI=1S/C6H8O2.H2S2/c1-7-5-6-3-2-4-8-6;1-2/h2-4H,5H2,1H3;1-2H. The summed E-state index contributed by atoms with van der Waals surface area (Å²) in [6.45, 7) is 0.562. The average Bonchev–Trinajstić information content (AvgIpc) is 2.46. The summed E-state index contributed by atoms with van der Waals surface area (Å²) in [6, 6.07) is 3.72. The molecule has 0 saturated heterocycles. The highest BCUT2D eigenvalue weighted by Gasteiger charge is 1.89. The van der Waals surface area contributed by atoms with Crippen molar-refractivity contribution < 1.29 is 9.15 Å². The summed E-state index contributed by atoms with van der Waals surface area (Å²) in [5.74, 6) is 0.868. The lowest BCUT2D eigenvalue weighted by Crippen LogP contribution is -1.80. The maximum absolute atomic E-state index is 4.95. The third kappa shape index (κ3) is 3.87. The van der Waals surface area contributed by atoms with Gasteiger partial charge in [-0.2, -0.15) is 0 Å². The van der Waals surface area contributed by atoms with E-state index in [1.54, 1.807) is 13.4 Å². The lowest BCUT2D eigenvalue weighted by Gasteiger charge is -1.88. The minimum absolute atomic E-state index is 0.562. The molecule has 0 spiro atoms. The van der Waals surface area contributed by atoms with E-state index in [0.29, 0.717) is 6.61 Å². The molecule has 0 aliphatic heterocycles. The molecule has 0 unspecified atom stereocenters. The fraction of sp³-hybridized carbons (Fsp3) is 0.333. The molecule has 0 fully saturated rings. The largest absolute Gasteiger partial charge is 0.467 e. The number of hydrogen-bond donors (Lipinski definition) is 2. The highest BCUT2D eigenvalue weighted by Crippen LogP contribution is 1.99. The van der Waals surface area contributed by atoms with Crippen molar-refractivity contribution in [3.05, 3.63) is 24.2 Å². The van der Waals surface area contributed by atoms with Crippen molar-refractivity contribution in [2.45, 2.75) is 6.61 Å². The van der Waals surface area contributed by atoms with Crippen LogP contribution in [0, 0.1) is 0 Å². The summed E-state index contributed by atoms with van der Waals surface area (Å²) in [6.07, 6.45) is 1.63. The first kappa shape index (κ1) is 9.94. The second-order valence-electron chi connectivity index (χ2n) is 1.51. The molecule has 4 heteroatoms. The quantitative estimate of drug-likeness (QED) is 0.535. The van der Waals surface area contributed by atoms with E-state index in [2.05, 4.69) is 23.3 Å². The number of hydrogen-bond acceptors (Lipinski definition) is 4. The lowest BCUT2D eigenvalue weighted by atomic mass is 10.5. The van der Waals surface area contributed by atoms with Gasteiger partial charge in [0.05, 0.1) is 6.26 Å². The molecule has 0 bridgehead atoms. The summed E-state index contributed by atoms with van der Waals surface area (Å²) < 4.78 is 9.74. The van der Waals surface area contributed by atoms with Crippen LogP contribution >= 0.6 is 23.3 Å². The van der Waals surface area contributed by atoms with Crippen LogP contribution in [-0.2, 0) is 11.3 Å². The second kappa shape index (κ2) is 7.05. The molecule has 0 N–H and O–H groups in total. The molecular formula is C6H10O2S2. The van der Waals surface area contributed by atoms with Gasteiger partial charge >= 0.3 is 0 Å². The first-order valence-electron chi connectivity index (χ1n) is 2.65. The van der Waals surface area contributed by atoms with Crippen LogP contribution in [0.25, 0.3) is 0 Å². The van der Waals surface area contributed by atoms with Crippen LogP contribution in [0.2, 0.25) is 0 Å². The van der Waals surface area contributed by atoms with Crippen LogP contribution in [-0.4, -0.2) is 7.11 Å². The first-order chi connectivity index (χ1) is 4.93. The molecule has 1 aromatic heterocycles. The van der Waals surface area contributed by atoms with Gasteiger partial charge in [0.1, 0.15) is 12.4 Å². The Kier molecular flexibility index (Phi) is 7.01. The van der Waals surface area contributed by atoms with Crippen molar-refractivity contribution in [3.63, 3.8) is 0 Å². The summed E-state index contributed by atoms with van der Waals surface area (Å²) in [4.78, 5) is 0. The zero-order chi connectivity index (χ0) is 7.82. The van der Waals surface area contributed by atoms with Crippen molar-refractivity contribution in [1.29, 1.82) is 0 Å². The highest BCUT2D eigenvalue weighted by atomic mass is 33.1. The van der Waals surface area contributed by atoms with Gasteiger partial charge in [-0.1, -0.05) is 0 Å². The van der Waals surface area contributed by atoms with Crippen LogP contribution in [0.15, 0.2) is 22.8 Å². The smallest absolute Gasteiger partial charge is 0.129 e. The van der Waals surface area contributed by atoms with Gasteiger partial charge in [0.2, 0.25) is 0 Å². The molecule has 1 rings (SSSR count). The maximum Gasteiger partial charge on any atom is 0.129 e. The summed E-state index contributed by atoms with van der Waals surface area (Å²) in [7, 11) is 1.64. The monoisotopic (exact) mass is 178 g/mol. The van der Waals surface area contributed by atoms with Gasteiger partial charge in [-0.05, 0) is 12.1 Å². The molecule has 0 aliphatic rings. The molecule has 0 atom stereocenters. The predicted molar refractivity (Wildman–Crippen MR) is 47.4 cm³/mol. The second-order valence-corrected chi connectivity index (χ2v) is 1.51. The van der Waals surface area contributed by atoms with Gasteiger partial charge in [-0.25, -0.2) is 0 Å². The molecule has 1 aromatic rings. The van der Waals surface area contributed by atoms with Gasteiger partial charge < -0.3 is 9.15 Å². The number of rotatable bonds is 2. The predicted octanol–water partition coefficient (Wildman–Crippen LogP) is 2.19.